The van der Waals surface area contributed by atoms with Crippen LogP contribution in [0, 0.1) is 0 Å². The number of imide groups is 1. The van der Waals surface area contributed by atoms with Gasteiger partial charge in [-0.2, -0.15) is 0 Å². The van der Waals surface area contributed by atoms with E-state index in [9.17, 15) is 19.2 Å². The number of fused-ring (bicyclic) bond motifs is 1. The number of rotatable bonds is 6. The molecular formula is C20H24N4O4S. The van der Waals surface area contributed by atoms with Crippen LogP contribution in [0.25, 0.3) is 0 Å². The van der Waals surface area contributed by atoms with E-state index in [0.717, 1.165) is 23.4 Å². The van der Waals surface area contributed by atoms with Crippen molar-refractivity contribution in [2.75, 3.05) is 18.4 Å². The largest absolute Gasteiger partial charge is 0.356 e. The predicted octanol–water partition coefficient (Wildman–Crippen LogP) is 1.86. The summed E-state index contributed by atoms with van der Waals surface area (Å²) >= 11 is 1.39. The highest BCUT2D eigenvalue weighted by Gasteiger charge is 2.52. The van der Waals surface area contributed by atoms with E-state index in [-0.39, 0.29) is 36.7 Å². The van der Waals surface area contributed by atoms with Crippen LogP contribution >= 0.6 is 11.8 Å². The molecule has 3 aliphatic rings. The topological polar surface area (TPSA) is 108 Å². The Morgan fingerprint density at radius 3 is 2.76 bits per heavy atom. The first kappa shape index (κ1) is 19.8. The zero-order chi connectivity index (χ0) is 20.4. The lowest BCUT2D eigenvalue weighted by Crippen LogP contribution is -2.44. The number of carbonyl (C=O) groups excluding carboxylic acids is 4. The number of anilines is 1. The summed E-state index contributed by atoms with van der Waals surface area (Å²) in [7, 11) is 0. The summed E-state index contributed by atoms with van der Waals surface area (Å²) in [5.74, 6) is -0.535. The van der Waals surface area contributed by atoms with Crippen LogP contribution in [0.4, 0.5) is 10.5 Å². The maximum absolute atomic E-state index is 12.6. The average molecular weight is 417 g/mol. The van der Waals surface area contributed by atoms with Gasteiger partial charge < -0.3 is 16.0 Å². The Balaban J connectivity index is 1.21. The number of urea groups is 1. The number of hydrogen-bond donors (Lipinski definition) is 3. The lowest BCUT2D eigenvalue weighted by Gasteiger charge is -2.23. The molecule has 2 fully saturated rings. The van der Waals surface area contributed by atoms with E-state index in [1.807, 2.05) is 24.3 Å². The van der Waals surface area contributed by atoms with Gasteiger partial charge in [-0.25, -0.2) is 4.79 Å². The Hall–Kier alpha value is -2.55. The van der Waals surface area contributed by atoms with Crippen LogP contribution in [-0.4, -0.2) is 52.5 Å². The van der Waals surface area contributed by atoms with Gasteiger partial charge in [-0.15, -0.1) is 11.8 Å². The number of nitrogens with one attached hydrogen (secondary N) is 3. The Bertz CT molecular complexity index is 853. The Morgan fingerprint density at radius 1 is 1.21 bits per heavy atom. The van der Waals surface area contributed by atoms with Gasteiger partial charge in [0, 0.05) is 24.4 Å². The molecule has 0 radical (unpaired) electrons. The van der Waals surface area contributed by atoms with Crippen LogP contribution < -0.4 is 16.0 Å². The zero-order valence-electron chi connectivity index (χ0n) is 16.0. The van der Waals surface area contributed by atoms with Crippen molar-refractivity contribution < 1.29 is 19.2 Å². The van der Waals surface area contributed by atoms with E-state index in [1.54, 1.807) is 0 Å². The van der Waals surface area contributed by atoms with Crippen molar-refractivity contribution in [1.82, 2.24) is 15.5 Å². The van der Waals surface area contributed by atoms with Crippen molar-refractivity contribution in [3.05, 3.63) is 24.3 Å². The fourth-order valence-corrected chi connectivity index (χ4v) is 5.24. The minimum atomic E-state index is -0.692. The minimum Gasteiger partial charge on any atom is -0.356 e. The van der Waals surface area contributed by atoms with Crippen LogP contribution in [0.2, 0.25) is 0 Å². The smallest absolute Gasteiger partial charge is 0.325 e. The normalized spacial score (nSPS) is 22.4. The average Bonchev–Trinajstić information content (AvgIpc) is 3.25. The molecule has 4 rings (SSSR count). The van der Waals surface area contributed by atoms with Gasteiger partial charge in [-0.05, 0) is 31.4 Å². The van der Waals surface area contributed by atoms with Crippen molar-refractivity contribution in [2.24, 2.45) is 0 Å². The van der Waals surface area contributed by atoms with Gasteiger partial charge >= 0.3 is 6.03 Å². The van der Waals surface area contributed by atoms with Crippen molar-refractivity contribution in [3.8, 4) is 0 Å². The second kappa shape index (κ2) is 8.06. The molecule has 0 unspecified atom stereocenters. The number of benzene rings is 1. The Labute approximate surface area is 173 Å². The van der Waals surface area contributed by atoms with Crippen LogP contribution in [0.3, 0.4) is 0 Å². The summed E-state index contributed by atoms with van der Waals surface area (Å²) in [6.45, 7) is 0.622. The van der Waals surface area contributed by atoms with Crippen LogP contribution in [0.5, 0.6) is 0 Å². The summed E-state index contributed by atoms with van der Waals surface area (Å²) in [4.78, 5) is 51.3. The maximum atomic E-state index is 12.6. The molecule has 9 heteroatoms. The number of carbonyl (C=O) groups is 4. The third-order valence-corrected chi connectivity index (χ3v) is 6.94. The number of hydrogen-bond acceptors (Lipinski definition) is 5. The van der Waals surface area contributed by atoms with Crippen molar-refractivity contribution >= 4 is 41.2 Å². The number of thioether (sulfide) groups is 1. The SMILES string of the molecule is O=C(C[C@H]1Sc2ccccc2NC1=O)NCCCN1C(=O)NC2(CCCC2)C1=O. The summed E-state index contributed by atoms with van der Waals surface area (Å²) in [5, 5.41) is 7.99. The van der Waals surface area contributed by atoms with Gasteiger partial charge in [0.2, 0.25) is 11.8 Å². The highest BCUT2D eigenvalue weighted by atomic mass is 32.2. The molecule has 2 heterocycles. The van der Waals surface area contributed by atoms with Crippen molar-refractivity contribution in [3.63, 3.8) is 0 Å². The molecule has 0 aromatic heterocycles. The van der Waals surface area contributed by atoms with Gasteiger partial charge in [0.05, 0.1) is 10.9 Å². The number of para-hydroxylation sites is 1. The second-order valence-electron chi connectivity index (χ2n) is 7.68. The van der Waals surface area contributed by atoms with Gasteiger partial charge in [0.15, 0.2) is 0 Å². The third kappa shape index (κ3) is 3.96. The lowest BCUT2D eigenvalue weighted by atomic mass is 9.98. The summed E-state index contributed by atoms with van der Waals surface area (Å²) in [6, 6.07) is 7.16. The first-order chi connectivity index (χ1) is 14.0. The third-order valence-electron chi connectivity index (χ3n) is 5.66. The monoisotopic (exact) mass is 416 g/mol. The minimum absolute atomic E-state index is 0.0804. The van der Waals surface area contributed by atoms with Crippen molar-refractivity contribution in [1.29, 1.82) is 0 Å². The van der Waals surface area contributed by atoms with Crippen LogP contribution in [-0.2, 0) is 14.4 Å². The molecule has 5 amide bonds. The highest BCUT2D eigenvalue weighted by molar-refractivity contribution is 8.01. The quantitative estimate of drug-likeness (QED) is 0.485. The number of amides is 5. The van der Waals surface area contributed by atoms with E-state index in [4.69, 9.17) is 0 Å². The molecule has 8 nitrogen and oxygen atoms in total. The van der Waals surface area contributed by atoms with Crippen LogP contribution in [0.15, 0.2) is 29.2 Å². The second-order valence-corrected chi connectivity index (χ2v) is 8.92. The molecule has 2 aliphatic heterocycles. The van der Waals surface area contributed by atoms with Gasteiger partial charge in [-0.1, -0.05) is 25.0 Å². The van der Waals surface area contributed by atoms with Gasteiger partial charge in [0.1, 0.15) is 5.54 Å². The molecule has 1 spiro atoms. The van der Waals surface area contributed by atoms with Gasteiger partial charge in [-0.3, -0.25) is 19.3 Å². The molecule has 3 N–H and O–H groups in total. The fourth-order valence-electron chi connectivity index (χ4n) is 4.13. The van der Waals surface area contributed by atoms with E-state index >= 15 is 0 Å². The zero-order valence-corrected chi connectivity index (χ0v) is 16.8. The Kier molecular flexibility index (Phi) is 5.49. The lowest BCUT2D eigenvalue weighted by molar-refractivity contribution is -0.131. The van der Waals surface area contributed by atoms with Crippen molar-refractivity contribution in [2.45, 2.75) is 54.2 Å². The van der Waals surface area contributed by atoms with Crippen LogP contribution in [0.1, 0.15) is 38.5 Å². The van der Waals surface area contributed by atoms with Gasteiger partial charge in [0.25, 0.3) is 5.91 Å². The molecule has 1 saturated heterocycles. The van der Waals surface area contributed by atoms with E-state index in [0.29, 0.717) is 25.8 Å². The molecule has 1 aliphatic carbocycles. The van der Waals surface area contributed by atoms with E-state index in [1.165, 1.54) is 16.7 Å². The summed E-state index contributed by atoms with van der Waals surface area (Å²) in [6.07, 6.45) is 3.87. The first-order valence-corrected chi connectivity index (χ1v) is 10.8. The summed E-state index contributed by atoms with van der Waals surface area (Å²) in [5.41, 5.74) is 0.0788. The molecule has 0 bridgehead atoms. The van der Waals surface area contributed by atoms with E-state index in [2.05, 4.69) is 16.0 Å². The summed E-state index contributed by atoms with van der Waals surface area (Å²) < 4.78 is 0. The van der Waals surface area contributed by atoms with E-state index < -0.39 is 10.8 Å². The standard InChI is InChI=1S/C20H24N4O4S/c25-16(12-15-17(26)22-13-6-1-2-7-14(13)29-15)21-10-5-11-24-18(27)20(23-19(24)28)8-3-4-9-20/h1-2,6-7,15H,3-5,8-12H2,(H,21,25)(H,22,26)(H,23,28)/t15-/m1/s1. The predicted molar refractivity (Wildman–Crippen MR) is 108 cm³/mol. The molecule has 1 aromatic rings. The highest BCUT2D eigenvalue weighted by Crippen LogP contribution is 2.37. The molecule has 1 saturated carbocycles. The molecule has 29 heavy (non-hydrogen) atoms. The molecule has 154 valence electrons. The Morgan fingerprint density at radius 2 is 1.97 bits per heavy atom. The maximum Gasteiger partial charge on any atom is 0.325 e. The molecule has 1 atom stereocenters. The number of nitrogens with zero attached hydrogens (tertiary/aromatic N) is 1. The fraction of sp³-hybridized carbons (Fsp3) is 0.500. The first-order valence-electron chi connectivity index (χ1n) is 9.96. The molecule has 1 aromatic carbocycles. The molecular weight excluding hydrogens is 392 g/mol.